The van der Waals surface area contributed by atoms with Crippen LogP contribution in [0.4, 0.5) is 0 Å². The van der Waals surface area contributed by atoms with Crippen LogP contribution >= 0.6 is 7.82 Å². The van der Waals surface area contributed by atoms with Gasteiger partial charge in [0.1, 0.15) is 19.8 Å². The van der Waals surface area contributed by atoms with Gasteiger partial charge in [-0.25, -0.2) is 0 Å². The Morgan fingerprint density at radius 1 is 0.545 bits per heavy atom. The van der Waals surface area contributed by atoms with Crippen molar-refractivity contribution in [3.05, 3.63) is 12.2 Å². The van der Waals surface area contributed by atoms with E-state index in [9.17, 15) is 19.0 Å². The number of phosphoric ester groups is 1. The molecule has 0 N–H and O–H groups in total. The van der Waals surface area contributed by atoms with Crippen molar-refractivity contribution in [1.29, 1.82) is 0 Å². The molecule has 0 fully saturated rings. The van der Waals surface area contributed by atoms with E-state index >= 15 is 0 Å². The van der Waals surface area contributed by atoms with Crippen molar-refractivity contribution in [1.82, 2.24) is 0 Å². The van der Waals surface area contributed by atoms with E-state index in [1.165, 1.54) is 128 Å². The van der Waals surface area contributed by atoms with Gasteiger partial charge in [0.15, 0.2) is 6.10 Å². The topological polar surface area (TPSA) is 111 Å². The molecule has 0 aromatic heterocycles. The Kier molecular flexibility index (Phi) is 37.4. The van der Waals surface area contributed by atoms with E-state index in [0.717, 1.165) is 51.4 Å². The molecule has 0 radical (unpaired) electrons. The first-order valence-electron chi connectivity index (χ1n) is 22.9. The summed E-state index contributed by atoms with van der Waals surface area (Å²) in [7, 11) is 1.17. The van der Waals surface area contributed by atoms with Crippen molar-refractivity contribution >= 4 is 19.8 Å². The number of allylic oxidation sites excluding steroid dienone is 2. The van der Waals surface area contributed by atoms with Crippen LogP contribution in [0, 0.1) is 0 Å². The summed E-state index contributed by atoms with van der Waals surface area (Å²) < 4.78 is 33.9. The smallest absolute Gasteiger partial charge is 0.306 e. The number of hydrogen-bond acceptors (Lipinski definition) is 8. The summed E-state index contributed by atoms with van der Waals surface area (Å²) in [6.45, 7) is 4.23. The molecular formula is C45H88NO8P. The molecule has 0 rings (SSSR count). The molecule has 0 spiro atoms. The van der Waals surface area contributed by atoms with Crippen LogP contribution in [0.2, 0.25) is 0 Å². The molecule has 9 nitrogen and oxygen atoms in total. The highest BCUT2D eigenvalue weighted by molar-refractivity contribution is 7.45. The van der Waals surface area contributed by atoms with Gasteiger partial charge in [0, 0.05) is 12.8 Å². The number of esters is 2. The van der Waals surface area contributed by atoms with Crippen molar-refractivity contribution in [2.45, 2.75) is 219 Å². The predicted octanol–water partition coefficient (Wildman–Crippen LogP) is 12.3. The van der Waals surface area contributed by atoms with E-state index in [2.05, 4.69) is 26.0 Å². The van der Waals surface area contributed by atoms with E-state index in [0.29, 0.717) is 17.4 Å². The second-order valence-corrected chi connectivity index (χ2v) is 18.2. The molecule has 55 heavy (non-hydrogen) atoms. The van der Waals surface area contributed by atoms with E-state index < -0.39 is 26.5 Å². The fraction of sp³-hybridized carbons (Fsp3) is 0.911. The number of quaternary nitrogens is 1. The van der Waals surface area contributed by atoms with Gasteiger partial charge in [-0.05, 0) is 38.5 Å². The molecule has 326 valence electrons. The standard InChI is InChI=1S/C45H88NO8P/c1-6-8-10-12-14-16-18-20-21-22-23-24-26-28-30-32-34-36-38-45(48)54-43(42-53-55(49,50)52-40-39-46(3,4)5)41-51-44(47)37-35-33-31-29-27-25-19-17-15-13-11-9-7-2/h17,19,43H,6-16,18,20-42H2,1-5H3/b19-17+/t43-/m1/s1. The molecule has 0 bridgehead atoms. The Labute approximate surface area is 339 Å². The van der Waals surface area contributed by atoms with Crippen LogP contribution in [-0.4, -0.2) is 70.0 Å². The Hall–Kier alpha value is -1.25. The monoisotopic (exact) mass is 802 g/mol. The largest absolute Gasteiger partial charge is 0.756 e. The first-order chi connectivity index (χ1) is 26.5. The summed E-state index contributed by atoms with van der Waals surface area (Å²) in [5.74, 6) is -0.834. The van der Waals surface area contributed by atoms with Crippen molar-refractivity contribution in [3.63, 3.8) is 0 Å². The molecule has 2 atom stereocenters. The molecular weight excluding hydrogens is 713 g/mol. The maximum absolute atomic E-state index is 12.7. The summed E-state index contributed by atoms with van der Waals surface area (Å²) in [5.41, 5.74) is 0. The Morgan fingerprint density at radius 3 is 1.36 bits per heavy atom. The van der Waals surface area contributed by atoms with Crippen LogP contribution in [0.3, 0.4) is 0 Å². The number of unbranched alkanes of at least 4 members (excludes halogenated alkanes) is 26. The number of carbonyl (C=O) groups excluding carboxylic acids is 2. The number of nitrogens with zero attached hydrogens (tertiary/aromatic N) is 1. The lowest BCUT2D eigenvalue weighted by atomic mass is 10.0. The van der Waals surface area contributed by atoms with Crippen LogP contribution < -0.4 is 4.89 Å². The molecule has 0 aromatic rings. The fourth-order valence-electron chi connectivity index (χ4n) is 6.41. The third-order valence-corrected chi connectivity index (χ3v) is 11.0. The minimum Gasteiger partial charge on any atom is -0.756 e. The minimum absolute atomic E-state index is 0.0289. The zero-order chi connectivity index (χ0) is 40.7. The van der Waals surface area contributed by atoms with Gasteiger partial charge in [-0.1, -0.05) is 174 Å². The molecule has 0 aliphatic heterocycles. The molecule has 0 heterocycles. The summed E-state index contributed by atoms with van der Waals surface area (Å²) in [6, 6.07) is 0. The first kappa shape index (κ1) is 53.8. The highest BCUT2D eigenvalue weighted by atomic mass is 31.2. The van der Waals surface area contributed by atoms with Crippen LogP contribution in [0.15, 0.2) is 12.2 Å². The molecule has 1 unspecified atom stereocenters. The van der Waals surface area contributed by atoms with Crippen LogP contribution in [-0.2, 0) is 32.7 Å². The number of likely N-dealkylation sites (N-methyl/N-ethyl adjacent to an activating group) is 1. The van der Waals surface area contributed by atoms with Crippen LogP contribution in [0.1, 0.15) is 213 Å². The second kappa shape index (κ2) is 38.3. The fourth-order valence-corrected chi connectivity index (χ4v) is 7.14. The second-order valence-electron chi connectivity index (χ2n) is 16.8. The Morgan fingerprint density at radius 2 is 0.927 bits per heavy atom. The zero-order valence-electron chi connectivity index (χ0n) is 36.6. The van der Waals surface area contributed by atoms with Gasteiger partial charge in [0.2, 0.25) is 0 Å². The maximum Gasteiger partial charge on any atom is 0.306 e. The normalized spacial score (nSPS) is 13.6. The molecule has 10 heteroatoms. The SMILES string of the molecule is CCCCCC/C=C/CCCCCCCC(=O)OC[C@H](COP(=O)([O-])OCC[N+](C)(C)C)OC(=O)CCCCCCCCCCCCCCCCCCCC. The third-order valence-electron chi connectivity index (χ3n) is 10.0. The van der Waals surface area contributed by atoms with Gasteiger partial charge in [-0.2, -0.15) is 0 Å². The average molecular weight is 802 g/mol. The van der Waals surface area contributed by atoms with Gasteiger partial charge >= 0.3 is 11.9 Å². The highest BCUT2D eigenvalue weighted by Crippen LogP contribution is 2.38. The maximum atomic E-state index is 12.7. The molecule has 0 aliphatic carbocycles. The number of rotatable bonds is 42. The minimum atomic E-state index is -4.62. The Balaban J connectivity index is 4.29. The number of ether oxygens (including phenoxy) is 2. The lowest BCUT2D eigenvalue weighted by molar-refractivity contribution is -0.870. The summed E-state index contributed by atoms with van der Waals surface area (Å²) >= 11 is 0. The quantitative estimate of drug-likeness (QED) is 0.0197. The molecule has 0 amide bonds. The summed E-state index contributed by atoms with van der Waals surface area (Å²) in [5, 5.41) is 0. The summed E-state index contributed by atoms with van der Waals surface area (Å²) in [6.07, 6.45) is 39.5. The van der Waals surface area contributed by atoms with Crippen molar-refractivity contribution in [3.8, 4) is 0 Å². The van der Waals surface area contributed by atoms with Gasteiger partial charge in [0.05, 0.1) is 27.7 Å². The molecule has 0 aromatic carbocycles. The van der Waals surface area contributed by atoms with E-state index in [1.807, 2.05) is 21.1 Å². The lowest BCUT2D eigenvalue weighted by Crippen LogP contribution is -2.37. The molecule has 0 saturated carbocycles. The average Bonchev–Trinajstić information content (AvgIpc) is 3.13. The Bertz CT molecular complexity index is 954. The van der Waals surface area contributed by atoms with Crippen LogP contribution in [0.25, 0.3) is 0 Å². The van der Waals surface area contributed by atoms with E-state index in [4.69, 9.17) is 18.5 Å². The van der Waals surface area contributed by atoms with Gasteiger partial charge in [-0.15, -0.1) is 0 Å². The van der Waals surface area contributed by atoms with Gasteiger partial charge in [-0.3, -0.25) is 14.2 Å². The molecule has 0 aliphatic rings. The predicted molar refractivity (Wildman–Crippen MR) is 227 cm³/mol. The van der Waals surface area contributed by atoms with E-state index in [-0.39, 0.29) is 32.0 Å². The van der Waals surface area contributed by atoms with E-state index in [1.54, 1.807) is 0 Å². The lowest BCUT2D eigenvalue weighted by Gasteiger charge is -2.28. The van der Waals surface area contributed by atoms with Crippen molar-refractivity contribution in [2.24, 2.45) is 0 Å². The van der Waals surface area contributed by atoms with Crippen LogP contribution in [0.5, 0.6) is 0 Å². The number of carbonyl (C=O) groups is 2. The number of phosphoric acid groups is 1. The summed E-state index contributed by atoms with van der Waals surface area (Å²) in [4.78, 5) is 37.5. The zero-order valence-corrected chi connectivity index (χ0v) is 37.5. The third kappa shape index (κ3) is 42.2. The van der Waals surface area contributed by atoms with Crippen molar-refractivity contribution in [2.75, 3.05) is 47.5 Å². The van der Waals surface area contributed by atoms with Gasteiger partial charge in [0.25, 0.3) is 7.82 Å². The van der Waals surface area contributed by atoms with Gasteiger partial charge < -0.3 is 27.9 Å². The van der Waals surface area contributed by atoms with Crippen molar-refractivity contribution < 1.29 is 42.1 Å². The highest BCUT2D eigenvalue weighted by Gasteiger charge is 2.21. The number of hydrogen-bond donors (Lipinski definition) is 0. The first-order valence-corrected chi connectivity index (χ1v) is 24.4. The molecule has 0 saturated heterocycles.